The lowest BCUT2D eigenvalue weighted by molar-refractivity contribution is 0.129. The highest BCUT2D eigenvalue weighted by Crippen LogP contribution is 2.32. The topological polar surface area (TPSA) is 44.1 Å². The van der Waals surface area contributed by atoms with Crippen LogP contribution in [0.25, 0.3) is 21.3 Å². The molecule has 0 bridgehead atoms. The third kappa shape index (κ3) is 3.23. The van der Waals surface area contributed by atoms with Gasteiger partial charge >= 0.3 is 0 Å². The molecule has 0 unspecified atom stereocenters. The molecule has 1 saturated heterocycles. The van der Waals surface area contributed by atoms with Crippen molar-refractivity contribution >= 4 is 33.3 Å². The fourth-order valence-corrected chi connectivity index (χ4v) is 4.99. The Morgan fingerprint density at radius 2 is 2.20 bits per heavy atom. The number of ether oxygens (including phenoxy) is 1. The molecule has 0 radical (unpaired) electrons. The lowest BCUT2D eigenvalue weighted by Gasteiger charge is -2.11. The van der Waals surface area contributed by atoms with Crippen molar-refractivity contribution in [2.75, 3.05) is 12.4 Å². The zero-order chi connectivity index (χ0) is 17.4. The minimum atomic E-state index is -0.290. The number of hydrogen-bond acceptors (Lipinski definition) is 5. The highest BCUT2D eigenvalue weighted by molar-refractivity contribution is 7.99. The molecule has 130 valence electrons. The van der Waals surface area contributed by atoms with E-state index in [0.717, 1.165) is 41.2 Å². The first-order chi connectivity index (χ1) is 12.1. The molecule has 4 nitrogen and oxygen atoms in total. The van der Waals surface area contributed by atoms with Gasteiger partial charge in [0.2, 0.25) is 0 Å². The van der Waals surface area contributed by atoms with Crippen LogP contribution >= 0.6 is 23.1 Å². The summed E-state index contributed by atoms with van der Waals surface area (Å²) in [5, 5.41) is 3.22. The molecule has 25 heavy (non-hydrogen) atoms. The van der Waals surface area contributed by atoms with Crippen LogP contribution in [0.2, 0.25) is 0 Å². The van der Waals surface area contributed by atoms with Crippen molar-refractivity contribution in [1.82, 2.24) is 9.55 Å². The van der Waals surface area contributed by atoms with Gasteiger partial charge in [-0.05, 0) is 30.5 Å². The molecule has 3 aromatic rings. The van der Waals surface area contributed by atoms with Gasteiger partial charge in [-0.2, -0.15) is 0 Å². The van der Waals surface area contributed by atoms with E-state index in [2.05, 4.69) is 4.98 Å². The second kappa shape index (κ2) is 6.90. The van der Waals surface area contributed by atoms with Crippen LogP contribution in [0.5, 0.6) is 0 Å². The van der Waals surface area contributed by atoms with Crippen LogP contribution in [0.15, 0.2) is 39.6 Å². The fraction of sp³-hybridized carbons (Fsp3) is 0.333. The molecule has 0 N–H and O–H groups in total. The molecule has 1 aliphatic rings. The van der Waals surface area contributed by atoms with Gasteiger partial charge in [-0.1, -0.05) is 23.9 Å². The van der Waals surface area contributed by atoms with E-state index in [1.54, 1.807) is 35.5 Å². The largest absolute Gasteiger partial charge is 0.377 e. The monoisotopic (exact) mass is 376 g/mol. The number of thioether (sulfide) groups is 1. The van der Waals surface area contributed by atoms with E-state index >= 15 is 0 Å². The number of nitrogens with zero attached hydrogens (tertiary/aromatic N) is 2. The van der Waals surface area contributed by atoms with Crippen molar-refractivity contribution in [3.8, 4) is 11.1 Å². The molecule has 0 saturated carbocycles. The smallest absolute Gasteiger partial charge is 0.263 e. The molecule has 0 amide bonds. The van der Waals surface area contributed by atoms with Crippen LogP contribution in [-0.2, 0) is 11.8 Å². The van der Waals surface area contributed by atoms with Gasteiger partial charge in [-0.25, -0.2) is 9.37 Å². The van der Waals surface area contributed by atoms with Crippen molar-refractivity contribution in [3.05, 3.63) is 45.8 Å². The van der Waals surface area contributed by atoms with Gasteiger partial charge < -0.3 is 4.74 Å². The Kier molecular flexibility index (Phi) is 4.62. The van der Waals surface area contributed by atoms with Crippen LogP contribution < -0.4 is 5.56 Å². The first-order valence-electron chi connectivity index (χ1n) is 8.12. The van der Waals surface area contributed by atoms with Crippen molar-refractivity contribution in [2.45, 2.75) is 24.1 Å². The van der Waals surface area contributed by atoms with Gasteiger partial charge in [-0.15, -0.1) is 11.3 Å². The van der Waals surface area contributed by atoms with Crippen LogP contribution in [0.1, 0.15) is 12.8 Å². The summed E-state index contributed by atoms with van der Waals surface area (Å²) in [6.45, 7) is 0.822. The van der Waals surface area contributed by atoms with Gasteiger partial charge in [0.25, 0.3) is 5.56 Å². The summed E-state index contributed by atoms with van der Waals surface area (Å²) in [4.78, 5) is 18.3. The highest BCUT2D eigenvalue weighted by Gasteiger charge is 2.19. The number of halogens is 1. The van der Waals surface area contributed by atoms with Gasteiger partial charge in [0.05, 0.1) is 11.5 Å². The first kappa shape index (κ1) is 16.8. The number of benzene rings is 1. The molecule has 1 aromatic carbocycles. The molecule has 2 aromatic heterocycles. The highest BCUT2D eigenvalue weighted by atomic mass is 32.2. The minimum absolute atomic E-state index is 0.0691. The Bertz CT molecular complexity index is 960. The van der Waals surface area contributed by atoms with Crippen molar-refractivity contribution in [1.29, 1.82) is 0 Å². The van der Waals surface area contributed by atoms with Gasteiger partial charge in [0.1, 0.15) is 10.6 Å². The molecule has 7 heteroatoms. The minimum Gasteiger partial charge on any atom is -0.377 e. The predicted molar refractivity (Wildman–Crippen MR) is 100.0 cm³/mol. The molecule has 0 aliphatic carbocycles. The number of hydrogen-bond donors (Lipinski definition) is 0. The SMILES string of the molecule is Cn1c(SC[C@@H]2CCCO2)nc2scc(-c3ccc(F)cc3)c2c1=O. The van der Waals surface area contributed by atoms with E-state index < -0.39 is 0 Å². The van der Waals surface area contributed by atoms with Crippen LogP contribution in [-0.4, -0.2) is 28.0 Å². The quantitative estimate of drug-likeness (QED) is 0.509. The van der Waals surface area contributed by atoms with Crippen molar-refractivity contribution < 1.29 is 9.13 Å². The van der Waals surface area contributed by atoms with Crippen molar-refractivity contribution in [2.24, 2.45) is 7.05 Å². The Morgan fingerprint density at radius 1 is 1.40 bits per heavy atom. The molecule has 4 rings (SSSR count). The van der Waals surface area contributed by atoms with Crippen LogP contribution in [0.4, 0.5) is 4.39 Å². The molecule has 1 aliphatic heterocycles. The molecular weight excluding hydrogens is 359 g/mol. The molecule has 1 atom stereocenters. The maximum absolute atomic E-state index is 13.2. The Labute approximate surface area is 152 Å². The molecule has 0 spiro atoms. The Morgan fingerprint density at radius 3 is 2.92 bits per heavy atom. The number of aromatic nitrogens is 2. The number of fused-ring (bicyclic) bond motifs is 1. The summed E-state index contributed by atoms with van der Waals surface area (Å²) in [6.07, 6.45) is 2.41. The Balaban J connectivity index is 1.71. The van der Waals surface area contributed by atoms with E-state index in [0.29, 0.717) is 10.5 Å². The summed E-state index contributed by atoms with van der Waals surface area (Å²) in [6, 6.07) is 6.19. The first-order valence-corrected chi connectivity index (χ1v) is 9.98. The van der Waals surface area contributed by atoms with Gasteiger partial charge in [0.15, 0.2) is 5.16 Å². The van der Waals surface area contributed by atoms with Gasteiger partial charge in [0, 0.05) is 30.4 Å². The second-order valence-corrected chi connectivity index (χ2v) is 7.89. The maximum Gasteiger partial charge on any atom is 0.263 e. The van der Waals surface area contributed by atoms with Crippen LogP contribution in [0, 0.1) is 5.82 Å². The summed E-state index contributed by atoms with van der Waals surface area (Å²) in [7, 11) is 1.75. The second-order valence-electron chi connectivity index (χ2n) is 6.04. The molecule has 1 fully saturated rings. The summed E-state index contributed by atoms with van der Waals surface area (Å²) in [5.74, 6) is 0.518. The standard InChI is InChI=1S/C18H17FN2O2S2/c1-21-17(22)15-14(11-4-6-12(19)7-5-11)10-24-16(15)20-18(21)25-9-13-3-2-8-23-13/h4-7,10,13H,2-3,8-9H2,1H3/t13-/m0/s1. The predicted octanol–water partition coefficient (Wildman–Crippen LogP) is 4.07. The lowest BCUT2D eigenvalue weighted by atomic mass is 10.1. The zero-order valence-electron chi connectivity index (χ0n) is 13.7. The Hall–Kier alpha value is -1.70. The van der Waals surface area contributed by atoms with E-state index in [-0.39, 0.29) is 17.5 Å². The third-order valence-corrected chi connectivity index (χ3v) is 6.39. The average molecular weight is 376 g/mol. The van der Waals surface area contributed by atoms with E-state index in [1.807, 2.05) is 5.38 Å². The fourth-order valence-electron chi connectivity index (χ4n) is 2.97. The number of thiophene rings is 1. The van der Waals surface area contributed by atoms with Crippen molar-refractivity contribution in [3.63, 3.8) is 0 Å². The normalized spacial score (nSPS) is 17.4. The number of rotatable bonds is 4. The summed E-state index contributed by atoms with van der Waals surface area (Å²) < 4.78 is 20.4. The van der Waals surface area contributed by atoms with Crippen LogP contribution in [0.3, 0.4) is 0 Å². The maximum atomic E-state index is 13.2. The van der Waals surface area contributed by atoms with Gasteiger partial charge in [-0.3, -0.25) is 9.36 Å². The summed E-state index contributed by atoms with van der Waals surface area (Å²) in [5.41, 5.74) is 1.57. The molecular formula is C18H17FN2O2S2. The average Bonchev–Trinajstić information content (AvgIpc) is 3.27. The van der Waals surface area contributed by atoms with E-state index in [4.69, 9.17) is 4.74 Å². The lowest BCUT2D eigenvalue weighted by Crippen LogP contribution is -2.20. The third-order valence-electron chi connectivity index (χ3n) is 4.35. The van der Waals surface area contributed by atoms with E-state index in [9.17, 15) is 9.18 Å². The zero-order valence-corrected chi connectivity index (χ0v) is 15.3. The molecule has 3 heterocycles. The summed E-state index contributed by atoms with van der Waals surface area (Å²) >= 11 is 3.01. The van der Waals surface area contributed by atoms with E-state index in [1.165, 1.54) is 23.5 Å².